The first-order valence-electron chi connectivity index (χ1n) is 21.6. The average molecular weight is 837 g/mol. The van der Waals surface area contributed by atoms with Crippen LogP contribution in [-0.2, 0) is 33.3 Å². The van der Waals surface area contributed by atoms with Gasteiger partial charge in [0.1, 0.15) is 29.5 Å². The molecule has 0 spiro atoms. The Kier molecular flexibility index (Phi) is 17.3. The first-order chi connectivity index (χ1) is 27.6. The Morgan fingerprint density at radius 3 is 2.19 bits per heavy atom. The Morgan fingerprint density at radius 2 is 1.61 bits per heavy atom. The van der Waals surface area contributed by atoms with Gasteiger partial charge in [0.2, 0.25) is 5.91 Å². The molecular formula is C44H73FN4O10. The van der Waals surface area contributed by atoms with E-state index in [2.05, 4.69) is 22.0 Å². The van der Waals surface area contributed by atoms with E-state index >= 15 is 0 Å². The molecule has 336 valence electrons. The van der Waals surface area contributed by atoms with Crippen LogP contribution in [0, 0.1) is 29.5 Å². The van der Waals surface area contributed by atoms with Crippen molar-refractivity contribution in [2.75, 3.05) is 58.3 Å². The normalized spacial score (nSPS) is 38.0. The van der Waals surface area contributed by atoms with Crippen molar-refractivity contribution in [2.45, 2.75) is 148 Å². The highest BCUT2D eigenvalue weighted by molar-refractivity contribution is 6.00. The lowest BCUT2D eigenvalue weighted by Crippen LogP contribution is -2.60. The molecule has 0 bridgehead atoms. The maximum Gasteiger partial charge on any atom is 0.316 e. The Bertz CT molecular complexity index is 1530. The minimum Gasteiger partial charge on any atom is -0.459 e. The van der Waals surface area contributed by atoms with Gasteiger partial charge in [-0.2, -0.15) is 0 Å². The third-order valence-electron chi connectivity index (χ3n) is 13.0. The number of anilines is 1. The summed E-state index contributed by atoms with van der Waals surface area (Å²) in [6.45, 7) is 19.4. The van der Waals surface area contributed by atoms with Gasteiger partial charge in [-0.05, 0) is 105 Å². The molecule has 3 aliphatic rings. The number of benzene rings is 1. The third-order valence-corrected chi connectivity index (χ3v) is 13.0. The highest BCUT2D eigenvalue weighted by Gasteiger charge is 2.51. The number of halogens is 1. The Balaban J connectivity index is 1.69. The number of nitrogens with one attached hydrogen (secondary N) is 1. The average Bonchev–Trinajstić information content (AvgIpc) is 3.19. The van der Waals surface area contributed by atoms with Gasteiger partial charge in [-0.1, -0.05) is 27.7 Å². The molecule has 1 amide bonds. The highest BCUT2D eigenvalue weighted by Crippen LogP contribution is 2.37. The van der Waals surface area contributed by atoms with Crippen LogP contribution in [0.4, 0.5) is 10.1 Å². The van der Waals surface area contributed by atoms with Crippen molar-refractivity contribution in [1.29, 1.82) is 0 Å². The summed E-state index contributed by atoms with van der Waals surface area (Å²) in [5, 5.41) is 37.5. The van der Waals surface area contributed by atoms with Crippen LogP contribution in [-0.4, -0.2) is 156 Å². The van der Waals surface area contributed by atoms with E-state index in [0.717, 1.165) is 44.8 Å². The molecule has 1 aromatic carbocycles. The summed E-state index contributed by atoms with van der Waals surface area (Å²) in [6.07, 6.45) is -4.87. The van der Waals surface area contributed by atoms with Crippen molar-refractivity contribution in [3.63, 3.8) is 0 Å². The van der Waals surface area contributed by atoms with E-state index in [-0.39, 0.29) is 43.3 Å². The summed E-state index contributed by atoms with van der Waals surface area (Å²) in [5.41, 5.74) is -2.34. The number of hydrogen-bond donors (Lipinski definition) is 4. The molecule has 3 heterocycles. The van der Waals surface area contributed by atoms with Crippen LogP contribution in [0.3, 0.4) is 0 Å². The summed E-state index contributed by atoms with van der Waals surface area (Å²) in [4.78, 5) is 48.5. The number of amides is 1. The smallest absolute Gasteiger partial charge is 0.316 e. The second kappa shape index (κ2) is 20.9. The number of piperazine rings is 1. The molecule has 0 saturated carbocycles. The van der Waals surface area contributed by atoms with Gasteiger partial charge in [-0.15, -0.1) is 0 Å². The maximum absolute atomic E-state index is 14.5. The number of nitrogens with zero attached hydrogens (tertiary/aromatic N) is 3. The summed E-state index contributed by atoms with van der Waals surface area (Å²) in [5.74, 6) is -5.54. The first-order valence-corrected chi connectivity index (χ1v) is 21.6. The number of Topliss-reactive ketones (excluding diaryl/α,β-unsaturated/α-hetero) is 1. The van der Waals surface area contributed by atoms with Crippen LogP contribution < -0.4 is 10.2 Å². The predicted octanol–water partition coefficient (Wildman–Crippen LogP) is 3.38. The molecule has 59 heavy (non-hydrogen) atoms. The number of carbonyl (C=O) groups excluding carboxylic acids is 3. The van der Waals surface area contributed by atoms with Gasteiger partial charge in [0, 0.05) is 56.4 Å². The Hall–Kier alpha value is -2.76. The number of carbonyl (C=O) groups is 3. The minimum absolute atomic E-state index is 0.0595. The monoisotopic (exact) mass is 837 g/mol. The van der Waals surface area contributed by atoms with Gasteiger partial charge in [0.15, 0.2) is 12.1 Å². The first kappa shape index (κ1) is 48.9. The Labute approximate surface area is 351 Å². The van der Waals surface area contributed by atoms with E-state index < -0.39 is 83.4 Å². The second-order valence-electron chi connectivity index (χ2n) is 18.1. The molecule has 14 nitrogen and oxygen atoms in total. The number of rotatable bonds is 11. The van der Waals surface area contributed by atoms with Crippen molar-refractivity contribution in [1.82, 2.24) is 15.1 Å². The van der Waals surface area contributed by atoms with Crippen molar-refractivity contribution >= 4 is 23.3 Å². The number of likely N-dealkylation sites (N-methyl/N-ethyl adjacent to an activating group) is 1. The molecule has 1 aromatic rings. The quantitative estimate of drug-likeness (QED) is 0.189. The zero-order valence-corrected chi connectivity index (χ0v) is 37.2. The number of hydrogen-bond acceptors (Lipinski definition) is 13. The fourth-order valence-electron chi connectivity index (χ4n) is 9.05. The van der Waals surface area contributed by atoms with E-state index in [1.807, 2.05) is 32.8 Å². The number of cyclic esters (lactones) is 1. The summed E-state index contributed by atoms with van der Waals surface area (Å²) in [7, 11) is 3.74. The van der Waals surface area contributed by atoms with Crippen molar-refractivity contribution in [3.8, 4) is 0 Å². The highest BCUT2D eigenvalue weighted by atomic mass is 19.1. The topological polar surface area (TPSA) is 171 Å². The fraction of sp³-hybridized carbons (Fsp3) is 0.795. The second-order valence-corrected chi connectivity index (χ2v) is 18.1. The van der Waals surface area contributed by atoms with Crippen LogP contribution >= 0.6 is 0 Å². The molecule has 3 saturated heterocycles. The van der Waals surface area contributed by atoms with Gasteiger partial charge in [0.25, 0.3) is 0 Å². The van der Waals surface area contributed by atoms with E-state index in [1.165, 1.54) is 32.9 Å². The number of ketones is 1. The summed E-state index contributed by atoms with van der Waals surface area (Å²) in [6, 6.07) is 5.65. The third kappa shape index (κ3) is 12.0. The van der Waals surface area contributed by atoms with Crippen LogP contribution in [0.1, 0.15) is 88.0 Å². The molecule has 3 aliphatic heterocycles. The van der Waals surface area contributed by atoms with Gasteiger partial charge in [-0.25, -0.2) is 4.39 Å². The Morgan fingerprint density at radius 1 is 0.983 bits per heavy atom. The van der Waals surface area contributed by atoms with Crippen LogP contribution in [0.5, 0.6) is 0 Å². The van der Waals surface area contributed by atoms with Gasteiger partial charge < -0.3 is 49.4 Å². The minimum atomic E-state index is -2.01. The van der Waals surface area contributed by atoms with Crippen molar-refractivity contribution in [2.24, 2.45) is 23.7 Å². The molecule has 4 rings (SSSR count). The van der Waals surface area contributed by atoms with E-state index in [1.54, 1.807) is 32.9 Å². The fourth-order valence-corrected chi connectivity index (χ4v) is 9.05. The molecule has 14 unspecified atom stereocenters. The predicted molar refractivity (Wildman–Crippen MR) is 222 cm³/mol. The summed E-state index contributed by atoms with van der Waals surface area (Å²) >= 11 is 0. The molecule has 0 aromatic heterocycles. The van der Waals surface area contributed by atoms with E-state index in [9.17, 15) is 34.1 Å². The zero-order chi connectivity index (χ0) is 44.0. The maximum atomic E-state index is 14.5. The number of aliphatic hydroxyl groups is 3. The van der Waals surface area contributed by atoms with Gasteiger partial charge >= 0.3 is 5.97 Å². The molecular weight excluding hydrogens is 763 g/mol. The number of esters is 1. The lowest BCUT2D eigenvalue weighted by atomic mass is 9.79. The number of ether oxygens (including phenoxy) is 4. The van der Waals surface area contributed by atoms with Crippen LogP contribution in [0.25, 0.3) is 0 Å². The van der Waals surface area contributed by atoms with Crippen LogP contribution in [0.15, 0.2) is 24.3 Å². The summed E-state index contributed by atoms with van der Waals surface area (Å²) < 4.78 is 39.3. The standard InChI is InChI=1S/C44H73FN4O10/c1-12-31(24-48-18-20-49(21-19-48)33-16-14-32(45)15-17-33)25-56-43(8)23-26(3)46-40(53)30(7)38(52)44(9,55)35(13-2)58-41(54)29(6)36(50)28(5)39(43)59-42-37(51)34(47(10)11)22-27(4)57-42/h14-17,26-31,34-35,37-39,42,51-52,55H,12-13,18-25H2,1-11H3,(H,46,53). The zero-order valence-electron chi connectivity index (χ0n) is 37.2. The van der Waals surface area contributed by atoms with Crippen LogP contribution in [0.2, 0.25) is 0 Å². The lowest BCUT2D eigenvalue weighted by Gasteiger charge is -2.47. The van der Waals surface area contributed by atoms with Crippen molar-refractivity contribution < 1.29 is 53.0 Å². The molecule has 4 N–H and O–H groups in total. The van der Waals surface area contributed by atoms with E-state index in [0.29, 0.717) is 6.42 Å². The van der Waals surface area contributed by atoms with Gasteiger partial charge in [-0.3, -0.25) is 19.3 Å². The molecule has 0 radical (unpaired) electrons. The largest absolute Gasteiger partial charge is 0.459 e. The molecule has 15 heteroatoms. The lowest BCUT2D eigenvalue weighted by molar-refractivity contribution is -0.298. The number of aliphatic hydroxyl groups excluding tert-OH is 2. The SMILES string of the molecule is CCC(COC1(C)CC(C)NC(=O)C(C)C(O)C(C)(O)C(CC)OC(=O)C(C)C(=O)C(C)C1OC1OC(C)CC(N(C)C)C1O)CN1CCN(c2ccc(F)cc2)CC1. The van der Waals surface area contributed by atoms with E-state index in [4.69, 9.17) is 18.9 Å². The molecule has 3 fully saturated rings. The van der Waals surface area contributed by atoms with Gasteiger partial charge in [0.05, 0.1) is 36.4 Å². The van der Waals surface area contributed by atoms with Crippen molar-refractivity contribution in [3.05, 3.63) is 30.1 Å². The molecule has 0 aliphatic carbocycles. The molecule has 14 atom stereocenters.